The smallest absolute Gasteiger partial charge is 0.416 e. The molecule has 2 amide bonds. The monoisotopic (exact) mass is 1010 g/mol. The topological polar surface area (TPSA) is 175 Å². The summed E-state index contributed by atoms with van der Waals surface area (Å²) in [6.45, 7) is 23.0. The minimum absolute atomic E-state index is 0.0121. The number of aromatic nitrogens is 6. The van der Waals surface area contributed by atoms with Crippen molar-refractivity contribution in [2.75, 3.05) is 9.80 Å². The lowest BCUT2D eigenvalue weighted by molar-refractivity contribution is -0.188. The van der Waals surface area contributed by atoms with E-state index in [-0.39, 0.29) is 59.3 Å². The molecule has 6 aliphatic rings. The van der Waals surface area contributed by atoms with E-state index in [1.165, 1.54) is 0 Å². The molecule has 0 unspecified atom stereocenters. The maximum Gasteiger partial charge on any atom is 0.416 e. The number of halogens is 2. The first kappa shape index (κ1) is 51.0. The SMILES string of the molecule is CC[C@H]1O[C@@H](c2ccc3c(N(C(=O)OC(C)(C)C)C4CCCC4)nc(Cl)nn23)[C@@H]2OC(C)(C)O[C@@H]21.CC[C@H]1O[C@H](c2ccc3c(N(C(=O)OC(C)(C)C)C4CCCC4)nc(Cl)nn23)[C@@H]2OC(C)(C)O[C@@H]21. The average Bonchev–Trinajstić information content (AvgIpc) is 4.11. The van der Waals surface area contributed by atoms with Crippen LogP contribution in [0, 0.1) is 0 Å². The Morgan fingerprint density at radius 3 is 1.29 bits per heavy atom. The number of ether oxygens (including phenoxy) is 8. The van der Waals surface area contributed by atoms with Gasteiger partial charge in [0.05, 0.1) is 23.6 Å². The highest BCUT2D eigenvalue weighted by Gasteiger charge is 2.57. The van der Waals surface area contributed by atoms with Gasteiger partial charge in [-0.25, -0.2) is 18.6 Å². The Kier molecular flexibility index (Phi) is 14.0. The van der Waals surface area contributed by atoms with E-state index < -0.39 is 47.2 Å². The van der Waals surface area contributed by atoms with Gasteiger partial charge in [-0.05, 0) is 155 Å². The van der Waals surface area contributed by atoms with Crippen molar-refractivity contribution in [2.45, 2.75) is 231 Å². The third-order valence-electron chi connectivity index (χ3n) is 13.7. The zero-order valence-corrected chi connectivity index (χ0v) is 44.1. The van der Waals surface area contributed by atoms with Gasteiger partial charge in [-0.1, -0.05) is 39.5 Å². The van der Waals surface area contributed by atoms with Crippen molar-refractivity contribution in [1.82, 2.24) is 29.2 Å². The van der Waals surface area contributed by atoms with Gasteiger partial charge in [0, 0.05) is 12.1 Å². The first-order valence-electron chi connectivity index (χ1n) is 25.1. The predicted octanol–water partition coefficient (Wildman–Crippen LogP) is 10.9. The molecule has 384 valence electrons. The van der Waals surface area contributed by atoms with Crippen LogP contribution in [-0.4, -0.2) is 113 Å². The van der Waals surface area contributed by atoms with Crippen molar-refractivity contribution in [2.24, 2.45) is 0 Å². The quantitative estimate of drug-likeness (QED) is 0.163. The summed E-state index contributed by atoms with van der Waals surface area (Å²) < 4.78 is 52.6. The zero-order valence-electron chi connectivity index (χ0n) is 42.6. The predicted molar refractivity (Wildman–Crippen MR) is 261 cm³/mol. The standard InChI is InChI=1S/2C25H35ClN4O5/c2*1-7-17-19-20(34-25(5,6)33-19)18(32-17)15-12-13-16-21(27-22(26)28-30(15)16)29(14-10-8-9-11-14)23(31)35-24(2,3)4/h2*12-14,17-20H,7-11H2,1-6H3/t17-,18+,19-,20+;17-,18-,19-,20+/m11/s1. The fourth-order valence-corrected chi connectivity index (χ4v) is 11.3. The van der Waals surface area contributed by atoms with Crippen LogP contribution in [0.15, 0.2) is 24.3 Å². The van der Waals surface area contributed by atoms with Crippen molar-refractivity contribution in [3.63, 3.8) is 0 Å². The zero-order chi connectivity index (χ0) is 50.2. The highest BCUT2D eigenvalue weighted by atomic mass is 35.5. The van der Waals surface area contributed by atoms with Gasteiger partial charge in [-0.2, -0.15) is 9.97 Å². The second-order valence-electron chi connectivity index (χ2n) is 22.2. The first-order chi connectivity index (χ1) is 32.9. The summed E-state index contributed by atoms with van der Waals surface area (Å²) in [6.07, 6.45) is 6.62. The van der Waals surface area contributed by atoms with Crippen LogP contribution in [0.5, 0.6) is 0 Å². The van der Waals surface area contributed by atoms with E-state index in [2.05, 4.69) is 34.0 Å². The number of hydrogen-bond acceptors (Lipinski definition) is 14. The van der Waals surface area contributed by atoms with Gasteiger partial charge < -0.3 is 37.9 Å². The molecule has 6 fully saturated rings. The highest BCUT2D eigenvalue weighted by molar-refractivity contribution is 6.28. The Balaban J connectivity index is 0.000000174. The highest BCUT2D eigenvalue weighted by Crippen LogP contribution is 2.48. The first-order valence-corrected chi connectivity index (χ1v) is 25.9. The largest absolute Gasteiger partial charge is 0.443 e. The summed E-state index contributed by atoms with van der Waals surface area (Å²) in [5, 5.41) is 9.09. The Morgan fingerprint density at radius 2 is 0.957 bits per heavy atom. The Labute approximate surface area is 420 Å². The Morgan fingerprint density at radius 1 is 0.614 bits per heavy atom. The van der Waals surface area contributed by atoms with Crippen LogP contribution in [0.3, 0.4) is 0 Å². The van der Waals surface area contributed by atoms with Crippen LogP contribution in [0.4, 0.5) is 21.2 Å². The van der Waals surface area contributed by atoms with Crippen LogP contribution in [0.1, 0.15) is 171 Å². The van der Waals surface area contributed by atoms with Gasteiger partial charge in [0.15, 0.2) is 23.2 Å². The number of anilines is 2. The molecule has 70 heavy (non-hydrogen) atoms. The molecule has 4 aromatic heterocycles. The minimum Gasteiger partial charge on any atom is -0.443 e. The van der Waals surface area contributed by atoms with E-state index in [0.717, 1.165) is 75.6 Å². The number of carbonyl (C=O) groups excluding carboxylic acids is 2. The minimum atomic E-state index is -0.689. The number of rotatable bonds is 8. The van der Waals surface area contributed by atoms with Gasteiger partial charge in [-0.3, -0.25) is 9.80 Å². The van der Waals surface area contributed by atoms with Crippen molar-refractivity contribution < 1.29 is 47.5 Å². The maximum atomic E-state index is 13.4. The molecule has 8 atom stereocenters. The van der Waals surface area contributed by atoms with Crippen molar-refractivity contribution in [3.05, 3.63) is 46.2 Å². The van der Waals surface area contributed by atoms with Crippen LogP contribution >= 0.6 is 23.2 Å². The number of nitrogens with zero attached hydrogens (tertiary/aromatic N) is 8. The van der Waals surface area contributed by atoms with Crippen LogP contribution in [-0.2, 0) is 37.9 Å². The summed E-state index contributed by atoms with van der Waals surface area (Å²) >= 11 is 12.9. The second kappa shape index (κ2) is 19.2. The fourth-order valence-electron chi connectivity index (χ4n) is 11.0. The lowest BCUT2D eigenvalue weighted by Crippen LogP contribution is -2.43. The van der Waals surface area contributed by atoms with E-state index in [1.54, 1.807) is 18.8 Å². The van der Waals surface area contributed by atoms with E-state index in [1.807, 2.05) is 93.5 Å². The fraction of sp³-hybridized carbons (Fsp3) is 0.720. The molecule has 2 saturated carbocycles. The van der Waals surface area contributed by atoms with Crippen molar-refractivity contribution in [1.29, 1.82) is 0 Å². The Bertz CT molecular complexity index is 2390. The van der Waals surface area contributed by atoms with E-state index in [0.29, 0.717) is 22.7 Å². The summed E-state index contributed by atoms with van der Waals surface area (Å²) in [5.41, 5.74) is 1.63. The molecule has 0 spiro atoms. The van der Waals surface area contributed by atoms with Crippen LogP contribution in [0.2, 0.25) is 10.6 Å². The molecular formula is C50H70Cl2N8O10. The van der Waals surface area contributed by atoms with Gasteiger partial charge in [0.2, 0.25) is 10.6 Å². The molecule has 4 aromatic rings. The second-order valence-corrected chi connectivity index (χ2v) is 22.9. The van der Waals surface area contributed by atoms with Crippen molar-refractivity contribution >= 4 is 58.1 Å². The van der Waals surface area contributed by atoms with E-state index in [9.17, 15) is 9.59 Å². The van der Waals surface area contributed by atoms with Crippen molar-refractivity contribution in [3.8, 4) is 0 Å². The third-order valence-corrected chi connectivity index (χ3v) is 14.0. The molecule has 20 heteroatoms. The molecule has 4 saturated heterocycles. The lowest BCUT2D eigenvalue weighted by Gasteiger charge is -2.31. The molecule has 2 aliphatic carbocycles. The van der Waals surface area contributed by atoms with E-state index >= 15 is 0 Å². The Hall–Kier alpha value is -3.88. The lowest BCUT2D eigenvalue weighted by atomic mass is 10.0. The number of fused-ring (bicyclic) bond motifs is 4. The van der Waals surface area contributed by atoms with E-state index in [4.69, 9.17) is 61.1 Å². The molecule has 0 radical (unpaired) electrons. The summed E-state index contributed by atoms with van der Waals surface area (Å²) in [6, 6.07) is 7.68. The molecule has 0 N–H and O–H groups in total. The summed E-state index contributed by atoms with van der Waals surface area (Å²) in [7, 11) is 0. The summed E-state index contributed by atoms with van der Waals surface area (Å²) in [4.78, 5) is 39.2. The van der Waals surface area contributed by atoms with Crippen LogP contribution < -0.4 is 9.80 Å². The molecule has 18 nitrogen and oxygen atoms in total. The molecule has 4 aliphatic heterocycles. The normalized spacial score (nSPS) is 28.5. The molecule has 10 rings (SSSR count). The van der Waals surface area contributed by atoms with Gasteiger partial charge in [-0.15, -0.1) is 10.2 Å². The number of carbonyl (C=O) groups is 2. The number of hydrogen-bond donors (Lipinski definition) is 0. The number of amides is 2. The molecule has 0 aromatic carbocycles. The van der Waals surface area contributed by atoms with Gasteiger partial charge in [0.1, 0.15) is 58.9 Å². The average molecular weight is 1010 g/mol. The molecule has 8 heterocycles. The molecule has 0 bridgehead atoms. The molecular weight excluding hydrogens is 944 g/mol. The summed E-state index contributed by atoms with van der Waals surface area (Å²) in [5.74, 6) is -0.483. The third kappa shape index (κ3) is 10.2. The van der Waals surface area contributed by atoms with Gasteiger partial charge >= 0.3 is 12.2 Å². The van der Waals surface area contributed by atoms with Gasteiger partial charge in [0.25, 0.3) is 0 Å². The van der Waals surface area contributed by atoms with Crippen LogP contribution in [0.25, 0.3) is 11.0 Å². The maximum absolute atomic E-state index is 13.4.